The molecular formula is C46H78. The van der Waals surface area contributed by atoms with Gasteiger partial charge in [-0.1, -0.05) is 174 Å². The van der Waals surface area contributed by atoms with E-state index >= 15 is 0 Å². The Hall–Kier alpha value is -1.56. The maximum absolute atomic E-state index is 2.63. The lowest BCUT2D eigenvalue weighted by Gasteiger charge is -2.25. The molecule has 0 N–H and O–H groups in total. The zero-order valence-corrected chi connectivity index (χ0v) is 32.0. The molecule has 0 aliphatic carbocycles. The molecule has 0 nitrogen and oxygen atoms in total. The van der Waals surface area contributed by atoms with Crippen molar-refractivity contribution in [3.63, 3.8) is 0 Å². The van der Waals surface area contributed by atoms with Crippen molar-refractivity contribution in [2.45, 2.75) is 214 Å². The molecule has 0 heteroatoms. The summed E-state index contributed by atoms with van der Waals surface area (Å²) in [6.45, 7) is 14.1. The first-order valence-electron chi connectivity index (χ1n) is 20.8. The van der Waals surface area contributed by atoms with E-state index in [0.717, 1.165) is 5.92 Å². The van der Waals surface area contributed by atoms with Crippen molar-refractivity contribution in [3.05, 3.63) is 69.8 Å². The molecule has 0 amide bonds. The molecular weight excluding hydrogens is 553 g/mol. The van der Waals surface area contributed by atoms with E-state index in [0.29, 0.717) is 5.92 Å². The van der Waals surface area contributed by atoms with Crippen LogP contribution >= 0.6 is 0 Å². The summed E-state index contributed by atoms with van der Waals surface area (Å²) in [5, 5.41) is 0. The normalized spacial score (nSPS) is 12.9. The van der Waals surface area contributed by atoms with Crippen LogP contribution in [-0.4, -0.2) is 0 Å². The Bertz CT molecular complexity index is 943. The lowest BCUT2D eigenvalue weighted by atomic mass is 9.80. The Morgan fingerprint density at radius 2 is 0.761 bits per heavy atom. The molecule has 0 saturated carbocycles. The van der Waals surface area contributed by atoms with Crippen LogP contribution in [0.2, 0.25) is 0 Å². The van der Waals surface area contributed by atoms with E-state index in [9.17, 15) is 0 Å². The molecule has 0 spiro atoms. The standard InChI is InChI=1S/C46H78/c1-7-13-18-19-20-25-30-43(35-44-33-39(26-21-14-8-2)31-40(34-44)27-22-15-9-3)36-45(12-6)46-37-41(28-23-16-10-4)32-42(38-46)29-24-17-11-5/h31-34,37-38,43,45H,7-30,35-36H2,1-6H3. The number of hydrogen-bond donors (Lipinski definition) is 0. The molecule has 0 fully saturated rings. The lowest BCUT2D eigenvalue weighted by molar-refractivity contribution is 0.381. The molecule has 0 radical (unpaired) electrons. The highest BCUT2D eigenvalue weighted by molar-refractivity contribution is 5.34. The first-order chi connectivity index (χ1) is 22.6. The minimum Gasteiger partial charge on any atom is -0.0654 e. The van der Waals surface area contributed by atoms with Gasteiger partial charge in [0.25, 0.3) is 0 Å². The van der Waals surface area contributed by atoms with E-state index in [1.807, 2.05) is 0 Å². The molecule has 262 valence electrons. The van der Waals surface area contributed by atoms with Crippen LogP contribution in [0.15, 0.2) is 36.4 Å². The summed E-state index contributed by atoms with van der Waals surface area (Å²) < 4.78 is 0. The van der Waals surface area contributed by atoms with E-state index in [1.165, 1.54) is 167 Å². The number of benzene rings is 2. The summed E-state index contributed by atoms with van der Waals surface area (Å²) in [6, 6.07) is 15.6. The van der Waals surface area contributed by atoms with E-state index in [1.54, 1.807) is 33.4 Å². The summed E-state index contributed by atoms with van der Waals surface area (Å²) >= 11 is 0. The van der Waals surface area contributed by atoms with Crippen molar-refractivity contribution in [2.24, 2.45) is 5.92 Å². The third-order valence-electron chi connectivity index (χ3n) is 10.5. The van der Waals surface area contributed by atoms with Gasteiger partial charge in [0.15, 0.2) is 0 Å². The fourth-order valence-electron chi connectivity index (χ4n) is 7.67. The van der Waals surface area contributed by atoms with E-state index < -0.39 is 0 Å². The van der Waals surface area contributed by atoms with E-state index in [2.05, 4.69) is 77.9 Å². The van der Waals surface area contributed by atoms with Crippen LogP contribution in [0.1, 0.15) is 216 Å². The summed E-state index contributed by atoms with van der Waals surface area (Å²) in [6.07, 6.45) is 34.7. The van der Waals surface area contributed by atoms with Crippen molar-refractivity contribution in [1.29, 1.82) is 0 Å². The third kappa shape index (κ3) is 17.6. The molecule has 2 unspecified atom stereocenters. The van der Waals surface area contributed by atoms with Gasteiger partial charge in [-0.3, -0.25) is 0 Å². The van der Waals surface area contributed by atoms with Gasteiger partial charge in [-0.15, -0.1) is 0 Å². The minimum atomic E-state index is 0.679. The van der Waals surface area contributed by atoms with Crippen molar-refractivity contribution in [2.75, 3.05) is 0 Å². The SMILES string of the molecule is CCCCCCCCC(Cc1cc(CCCCC)cc(CCCCC)c1)CC(CC)c1cc(CCCCC)cc(CCCCC)c1. The summed E-state index contributed by atoms with van der Waals surface area (Å²) in [5.41, 5.74) is 9.74. The molecule has 0 aliphatic rings. The number of aryl methyl sites for hydroxylation is 4. The van der Waals surface area contributed by atoms with Crippen LogP contribution in [0.3, 0.4) is 0 Å². The Labute approximate surface area is 289 Å². The molecule has 2 rings (SSSR count). The Balaban J connectivity index is 2.32. The highest BCUT2D eigenvalue weighted by Crippen LogP contribution is 2.34. The zero-order valence-electron chi connectivity index (χ0n) is 32.0. The molecule has 46 heavy (non-hydrogen) atoms. The first kappa shape index (κ1) is 40.6. The summed E-state index contributed by atoms with van der Waals surface area (Å²) in [4.78, 5) is 0. The van der Waals surface area contributed by atoms with Crippen LogP contribution in [0.25, 0.3) is 0 Å². The average molecular weight is 631 g/mol. The lowest BCUT2D eigenvalue weighted by Crippen LogP contribution is -2.12. The highest BCUT2D eigenvalue weighted by Gasteiger charge is 2.19. The Morgan fingerprint density at radius 3 is 1.20 bits per heavy atom. The van der Waals surface area contributed by atoms with Crippen LogP contribution in [0.4, 0.5) is 0 Å². The van der Waals surface area contributed by atoms with E-state index in [4.69, 9.17) is 0 Å². The predicted molar refractivity (Wildman–Crippen MR) is 209 cm³/mol. The molecule has 2 atom stereocenters. The maximum atomic E-state index is 2.63. The quantitative estimate of drug-likeness (QED) is 0.0784. The number of unbranched alkanes of at least 4 members (excludes halogenated alkanes) is 13. The number of rotatable bonds is 29. The monoisotopic (exact) mass is 631 g/mol. The van der Waals surface area contributed by atoms with Gasteiger partial charge in [0.05, 0.1) is 0 Å². The zero-order chi connectivity index (χ0) is 33.2. The van der Waals surface area contributed by atoms with Crippen LogP contribution in [0.5, 0.6) is 0 Å². The fourth-order valence-corrected chi connectivity index (χ4v) is 7.67. The molecule has 0 aliphatic heterocycles. The van der Waals surface area contributed by atoms with Gasteiger partial charge in [0.2, 0.25) is 0 Å². The molecule has 0 bridgehead atoms. The van der Waals surface area contributed by atoms with Gasteiger partial charge in [-0.2, -0.15) is 0 Å². The van der Waals surface area contributed by atoms with Gasteiger partial charge < -0.3 is 0 Å². The molecule has 2 aromatic carbocycles. The summed E-state index contributed by atoms with van der Waals surface area (Å²) in [5.74, 6) is 1.45. The summed E-state index contributed by atoms with van der Waals surface area (Å²) in [7, 11) is 0. The van der Waals surface area contributed by atoms with Gasteiger partial charge in [-0.25, -0.2) is 0 Å². The largest absolute Gasteiger partial charge is 0.0654 e. The molecule has 0 saturated heterocycles. The maximum Gasteiger partial charge on any atom is -0.0162 e. The van der Waals surface area contributed by atoms with Gasteiger partial charge in [-0.05, 0) is 116 Å². The predicted octanol–water partition coefficient (Wildman–Crippen LogP) is 15.1. The van der Waals surface area contributed by atoms with Crippen LogP contribution < -0.4 is 0 Å². The molecule has 0 aromatic heterocycles. The first-order valence-corrected chi connectivity index (χ1v) is 20.8. The van der Waals surface area contributed by atoms with Crippen molar-refractivity contribution < 1.29 is 0 Å². The topological polar surface area (TPSA) is 0 Å². The highest BCUT2D eigenvalue weighted by atomic mass is 14.2. The van der Waals surface area contributed by atoms with Crippen LogP contribution in [-0.2, 0) is 32.1 Å². The van der Waals surface area contributed by atoms with E-state index in [-0.39, 0.29) is 0 Å². The Morgan fingerprint density at radius 1 is 0.391 bits per heavy atom. The van der Waals surface area contributed by atoms with Crippen molar-refractivity contribution in [1.82, 2.24) is 0 Å². The number of hydrogen-bond acceptors (Lipinski definition) is 0. The average Bonchev–Trinajstić information content (AvgIpc) is 3.05. The van der Waals surface area contributed by atoms with Gasteiger partial charge >= 0.3 is 0 Å². The van der Waals surface area contributed by atoms with Crippen LogP contribution in [0, 0.1) is 5.92 Å². The Kier molecular flexibility index (Phi) is 23.3. The minimum absolute atomic E-state index is 0.679. The van der Waals surface area contributed by atoms with Crippen molar-refractivity contribution >= 4 is 0 Å². The van der Waals surface area contributed by atoms with Gasteiger partial charge in [0, 0.05) is 0 Å². The van der Waals surface area contributed by atoms with Crippen molar-refractivity contribution in [3.8, 4) is 0 Å². The second-order valence-electron chi connectivity index (χ2n) is 15.0. The van der Waals surface area contributed by atoms with Gasteiger partial charge in [0.1, 0.15) is 0 Å². The smallest absolute Gasteiger partial charge is 0.0162 e. The second-order valence-corrected chi connectivity index (χ2v) is 15.0. The third-order valence-corrected chi connectivity index (χ3v) is 10.5. The molecule has 0 heterocycles. The second kappa shape index (κ2) is 26.4. The fraction of sp³-hybridized carbons (Fsp3) is 0.739. The molecule has 2 aromatic rings.